The fourth-order valence-corrected chi connectivity index (χ4v) is 5.20. The first-order chi connectivity index (χ1) is 14.9. The third kappa shape index (κ3) is 3.38. The van der Waals surface area contributed by atoms with Crippen molar-refractivity contribution in [3.63, 3.8) is 0 Å². The van der Waals surface area contributed by atoms with Crippen LogP contribution in [0.2, 0.25) is 0 Å². The van der Waals surface area contributed by atoms with E-state index in [1.165, 1.54) is 16.5 Å². The van der Waals surface area contributed by atoms with E-state index in [9.17, 15) is 18.0 Å². The molecule has 0 spiro atoms. The zero-order chi connectivity index (χ0) is 21.6. The van der Waals surface area contributed by atoms with Crippen LogP contribution in [0.25, 0.3) is 5.65 Å². The molecule has 9 nitrogen and oxygen atoms in total. The number of benzene rings is 1. The highest BCUT2D eigenvalue weighted by molar-refractivity contribution is 7.90. The van der Waals surface area contributed by atoms with Crippen LogP contribution >= 0.6 is 0 Å². The number of rotatable bonds is 3. The predicted molar refractivity (Wildman–Crippen MR) is 111 cm³/mol. The average Bonchev–Trinajstić information content (AvgIpc) is 3.35. The number of amidine groups is 1. The van der Waals surface area contributed by atoms with Crippen molar-refractivity contribution in [2.24, 2.45) is 4.40 Å². The Morgan fingerprint density at radius 3 is 2.84 bits per heavy atom. The highest BCUT2D eigenvalue weighted by atomic mass is 32.2. The van der Waals surface area contributed by atoms with Gasteiger partial charge in [-0.3, -0.25) is 9.20 Å². The largest absolute Gasteiger partial charge is 0.458 e. The molecule has 0 saturated carbocycles. The zero-order valence-electron chi connectivity index (χ0n) is 16.3. The van der Waals surface area contributed by atoms with Crippen LogP contribution in [0.15, 0.2) is 68.8 Å². The van der Waals surface area contributed by atoms with Gasteiger partial charge in [-0.15, -0.1) is 4.40 Å². The summed E-state index contributed by atoms with van der Waals surface area (Å²) in [5.74, 6) is -0.228. The number of carbonyl (C=O) groups is 1. The molecule has 5 rings (SSSR count). The minimum atomic E-state index is -3.78. The van der Waals surface area contributed by atoms with E-state index in [1.807, 2.05) is 0 Å². The van der Waals surface area contributed by atoms with Gasteiger partial charge in [0.15, 0.2) is 5.84 Å². The molecule has 3 aromatic rings. The molecule has 4 heterocycles. The normalized spacial score (nSPS) is 19.3. The van der Waals surface area contributed by atoms with Crippen molar-refractivity contribution in [3.8, 4) is 0 Å². The standard InChI is InChI=1S/C21H18N4O5S/c26-19-12-14(22-18-9-3-4-10-25(18)19)13-30-21(27)16-7-5-11-24(16)20-15-6-1-2-8-17(15)31(28,29)23-20/h1-4,6,8-10,12,16H,5,7,11,13H2/t16-/m0/s1. The van der Waals surface area contributed by atoms with Crippen molar-refractivity contribution in [1.82, 2.24) is 14.3 Å². The van der Waals surface area contributed by atoms with Crippen LogP contribution in [0.3, 0.4) is 0 Å². The highest BCUT2D eigenvalue weighted by Gasteiger charge is 2.39. The molecular formula is C21H18N4O5S. The molecule has 0 amide bonds. The van der Waals surface area contributed by atoms with Gasteiger partial charge >= 0.3 is 5.97 Å². The molecule has 0 aliphatic carbocycles. The van der Waals surface area contributed by atoms with Gasteiger partial charge < -0.3 is 9.64 Å². The molecule has 2 aliphatic heterocycles. The molecule has 10 heteroatoms. The number of likely N-dealkylation sites (tertiary alicyclic amines) is 1. The van der Waals surface area contributed by atoms with Gasteiger partial charge in [0.1, 0.15) is 23.2 Å². The lowest BCUT2D eigenvalue weighted by Gasteiger charge is -2.24. The number of sulfonamides is 1. The Labute approximate surface area is 177 Å². The first-order valence-electron chi connectivity index (χ1n) is 9.79. The van der Waals surface area contributed by atoms with E-state index in [4.69, 9.17) is 4.74 Å². The Hall–Kier alpha value is -3.53. The third-order valence-electron chi connectivity index (χ3n) is 5.40. The van der Waals surface area contributed by atoms with Crippen molar-refractivity contribution in [1.29, 1.82) is 0 Å². The summed E-state index contributed by atoms with van der Waals surface area (Å²) in [7, 11) is -3.78. The molecule has 1 fully saturated rings. The fraction of sp³-hybridized carbons (Fsp3) is 0.238. The number of fused-ring (bicyclic) bond motifs is 2. The average molecular weight is 438 g/mol. The number of nitrogens with zero attached hydrogens (tertiary/aromatic N) is 4. The van der Waals surface area contributed by atoms with E-state index in [-0.39, 0.29) is 22.9 Å². The predicted octanol–water partition coefficient (Wildman–Crippen LogP) is 1.35. The highest BCUT2D eigenvalue weighted by Crippen LogP contribution is 2.31. The molecule has 2 aromatic heterocycles. The van der Waals surface area contributed by atoms with Gasteiger partial charge in [-0.25, -0.2) is 9.78 Å². The van der Waals surface area contributed by atoms with E-state index >= 15 is 0 Å². The van der Waals surface area contributed by atoms with Crippen LogP contribution < -0.4 is 5.56 Å². The number of aromatic nitrogens is 2. The number of hydrogen-bond donors (Lipinski definition) is 0. The molecule has 2 aliphatic rings. The molecule has 1 atom stereocenters. The van der Waals surface area contributed by atoms with Crippen molar-refractivity contribution in [2.75, 3.05) is 6.54 Å². The summed E-state index contributed by atoms with van der Waals surface area (Å²) in [6.07, 6.45) is 2.84. The molecule has 31 heavy (non-hydrogen) atoms. The molecule has 1 saturated heterocycles. The maximum Gasteiger partial charge on any atom is 0.329 e. The number of hydrogen-bond acceptors (Lipinski definition) is 7. The summed E-state index contributed by atoms with van der Waals surface area (Å²) in [5, 5.41) is 0. The van der Waals surface area contributed by atoms with Crippen LogP contribution in [0.4, 0.5) is 0 Å². The van der Waals surface area contributed by atoms with Gasteiger partial charge in [-0.2, -0.15) is 8.42 Å². The second-order valence-electron chi connectivity index (χ2n) is 7.36. The molecule has 0 unspecified atom stereocenters. The third-order valence-corrected chi connectivity index (χ3v) is 6.72. The van der Waals surface area contributed by atoms with Crippen LogP contribution in [-0.2, 0) is 26.2 Å². The fourth-order valence-electron chi connectivity index (χ4n) is 3.98. The summed E-state index contributed by atoms with van der Waals surface area (Å²) < 4.78 is 35.5. The monoisotopic (exact) mass is 438 g/mol. The Kier molecular flexibility index (Phi) is 4.58. The Balaban J connectivity index is 1.36. The first kappa shape index (κ1) is 19.4. The zero-order valence-corrected chi connectivity index (χ0v) is 17.2. The number of ether oxygens (including phenoxy) is 1. The topological polar surface area (TPSA) is 110 Å². The summed E-state index contributed by atoms with van der Waals surface area (Å²) in [5.41, 5.74) is 1.04. The maximum atomic E-state index is 12.8. The summed E-state index contributed by atoms with van der Waals surface area (Å²) >= 11 is 0. The van der Waals surface area contributed by atoms with Gasteiger partial charge in [0.05, 0.1) is 5.69 Å². The molecule has 1 aromatic carbocycles. The maximum absolute atomic E-state index is 12.8. The Bertz CT molecular complexity index is 1400. The second kappa shape index (κ2) is 7.31. The molecule has 0 N–H and O–H groups in total. The van der Waals surface area contributed by atoms with E-state index in [0.717, 1.165) is 0 Å². The van der Waals surface area contributed by atoms with Crippen molar-refractivity contribution in [2.45, 2.75) is 30.4 Å². The lowest BCUT2D eigenvalue weighted by molar-refractivity contribution is -0.149. The van der Waals surface area contributed by atoms with Crippen LogP contribution in [0.5, 0.6) is 0 Å². The minimum Gasteiger partial charge on any atom is -0.458 e. The quantitative estimate of drug-likeness (QED) is 0.568. The summed E-state index contributed by atoms with van der Waals surface area (Å²) in [4.78, 5) is 31.2. The lowest BCUT2D eigenvalue weighted by atomic mass is 10.1. The van der Waals surface area contributed by atoms with E-state index < -0.39 is 22.0 Å². The molecule has 158 valence electrons. The van der Waals surface area contributed by atoms with Gasteiger partial charge in [0.25, 0.3) is 15.6 Å². The van der Waals surface area contributed by atoms with Crippen LogP contribution in [-0.4, -0.2) is 47.1 Å². The van der Waals surface area contributed by atoms with Gasteiger partial charge in [0, 0.05) is 24.4 Å². The van der Waals surface area contributed by atoms with E-state index in [1.54, 1.807) is 47.5 Å². The Morgan fingerprint density at radius 2 is 1.97 bits per heavy atom. The van der Waals surface area contributed by atoms with E-state index in [0.29, 0.717) is 36.3 Å². The van der Waals surface area contributed by atoms with Crippen molar-refractivity contribution < 1.29 is 17.9 Å². The number of esters is 1. The van der Waals surface area contributed by atoms with Gasteiger partial charge in [-0.05, 0) is 37.1 Å². The molecule has 0 radical (unpaired) electrons. The van der Waals surface area contributed by atoms with Gasteiger partial charge in [-0.1, -0.05) is 18.2 Å². The van der Waals surface area contributed by atoms with Crippen LogP contribution in [0, 0.1) is 0 Å². The molecule has 0 bridgehead atoms. The number of pyridine rings is 1. The molecular weight excluding hydrogens is 420 g/mol. The summed E-state index contributed by atoms with van der Waals surface area (Å²) in [6.45, 7) is 0.350. The number of carbonyl (C=O) groups excluding carboxylic acids is 1. The van der Waals surface area contributed by atoms with Gasteiger partial charge in [0.2, 0.25) is 0 Å². The minimum absolute atomic E-state index is 0.143. The van der Waals surface area contributed by atoms with E-state index in [2.05, 4.69) is 9.38 Å². The Morgan fingerprint density at radius 1 is 1.16 bits per heavy atom. The van der Waals surface area contributed by atoms with Crippen LogP contribution in [0.1, 0.15) is 24.1 Å². The SMILES string of the molecule is O=C(OCc1cc(=O)n2ccccc2n1)[C@@H]1CCCN1C1=NS(=O)(=O)c2ccccc21. The summed E-state index contributed by atoms with van der Waals surface area (Å²) in [6, 6.07) is 12.4. The van der Waals surface area contributed by atoms with Crippen molar-refractivity contribution >= 4 is 27.5 Å². The second-order valence-corrected chi connectivity index (χ2v) is 8.93. The first-order valence-corrected chi connectivity index (χ1v) is 11.2. The lowest BCUT2D eigenvalue weighted by Crippen LogP contribution is -2.41. The van der Waals surface area contributed by atoms with Crippen molar-refractivity contribution in [3.05, 3.63) is 76.3 Å². The smallest absolute Gasteiger partial charge is 0.329 e.